The fourth-order valence-electron chi connectivity index (χ4n) is 4.36. The van der Waals surface area contributed by atoms with Crippen molar-refractivity contribution in [2.24, 2.45) is 5.92 Å². The molecule has 4 rings (SSSR count). The topological polar surface area (TPSA) is 105 Å². The van der Waals surface area contributed by atoms with Gasteiger partial charge >= 0.3 is 12.1 Å². The smallest absolute Gasteiger partial charge is 0.407 e. The van der Waals surface area contributed by atoms with Crippen LogP contribution in [0.4, 0.5) is 4.79 Å². The average molecular weight is 437 g/mol. The lowest BCUT2D eigenvalue weighted by molar-refractivity contribution is -0.137. The highest BCUT2D eigenvalue weighted by atomic mass is 16.5. The number of aliphatic carboxylic acids is 1. The summed E-state index contributed by atoms with van der Waals surface area (Å²) in [6.45, 7) is 1.81. The number of carbonyl (C=O) groups excluding carboxylic acids is 2. The number of benzene rings is 2. The van der Waals surface area contributed by atoms with Gasteiger partial charge in [-0.2, -0.15) is 0 Å². The number of nitrogens with one attached hydrogen (secondary N) is 2. The first-order chi connectivity index (χ1) is 15.4. The summed E-state index contributed by atoms with van der Waals surface area (Å²) in [5.41, 5.74) is 4.54. The third kappa shape index (κ3) is 5.10. The van der Waals surface area contributed by atoms with Crippen molar-refractivity contribution in [2.45, 2.75) is 50.6 Å². The molecule has 2 amide bonds. The summed E-state index contributed by atoms with van der Waals surface area (Å²) in [7, 11) is 0. The normalized spacial score (nSPS) is 16.4. The molecular formula is C25H28N2O5. The maximum atomic E-state index is 12.6. The third-order valence-electron chi connectivity index (χ3n) is 6.09. The molecule has 2 atom stereocenters. The maximum absolute atomic E-state index is 12.6. The Morgan fingerprint density at radius 1 is 1.00 bits per heavy atom. The summed E-state index contributed by atoms with van der Waals surface area (Å²) < 4.78 is 5.57. The minimum Gasteiger partial charge on any atom is -0.481 e. The summed E-state index contributed by atoms with van der Waals surface area (Å²) in [6, 6.07) is 14.9. The van der Waals surface area contributed by atoms with E-state index >= 15 is 0 Å². The van der Waals surface area contributed by atoms with E-state index in [0.29, 0.717) is 12.3 Å². The van der Waals surface area contributed by atoms with Crippen LogP contribution < -0.4 is 10.6 Å². The lowest BCUT2D eigenvalue weighted by Gasteiger charge is -2.21. The van der Waals surface area contributed by atoms with Gasteiger partial charge in [0.1, 0.15) is 12.6 Å². The lowest BCUT2D eigenvalue weighted by Crippen LogP contribution is -2.49. The molecule has 2 aromatic rings. The lowest BCUT2D eigenvalue weighted by atomic mass is 9.98. The van der Waals surface area contributed by atoms with E-state index in [1.54, 1.807) is 6.92 Å². The predicted octanol–water partition coefficient (Wildman–Crippen LogP) is 3.67. The zero-order chi connectivity index (χ0) is 22.7. The molecule has 32 heavy (non-hydrogen) atoms. The van der Waals surface area contributed by atoms with E-state index in [-0.39, 0.29) is 24.9 Å². The molecule has 7 heteroatoms. The first-order valence-corrected chi connectivity index (χ1v) is 11.1. The molecule has 1 unspecified atom stereocenters. The van der Waals surface area contributed by atoms with Gasteiger partial charge in [-0.25, -0.2) is 4.79 Å². The zero-order valence-corrected chi connectivity index (χ0v) is 18.0. The molecule has 3 N–H and O–H groups in total. The van der Waals surface area contributed by atoms with Crippen molar-refractivity contribution in [1.29, 1.82) is 0 Å². The number of ether oxygens (including phenoxy) is 1. The second-order valence-electron chi connectivity index (χ2n) is 8.71. The van der Waals surface area contributed by atoms with Gasteiger partial charge in [0, 0.05) is 12.0 Å². The summed E-state index contributed by atoms with van der Waals surface area (Å²) in [5.74, 6) is -1.02. The fourth-order valence-corrected chi connectivity index (χ4v) is 4.36. The standard InChI is InChI=1S/C25H28N2O5/c1-15(12-23(28)29)26-24(30)22(13-16-10-11-16)27-25(31)32-14-21-19-8-4-2-6-17(19)18-7-3-5-9-20(18)21/h2-9,15-16,21-22H,10-14H2,1H3,(H,26,30)(H,27,31)(H,28,29)/t15-,22?/m1/s1. The molecule has 0 saturated heterocycles. The largest absolute Gasteiger partial charge is 0.481 e. The van der Waals surface area contributed by atoms with Gasteiger partial charge in [0.05, 0.1) is 6.42 Å². The Morgan fingerprint density at radius 3 is 2.16 bits per heavy atom. The number of rotatable bonds is 9. The number of hydrogen-bond acceptors (Lipinski definition) is 4. The first-order valence-electron chi connectivity index (χ1n) is 11.1. The minimum atomic E-state index is -0.985. The van der Waals surface area contributed by atoms with Gasteiger partial charge in [0.25, 0.3) is 0 Å². The summed E-state index contributed by atoms with van der Waals surface area (Å²) in [6.07, 6.45) is 1.77. The van der Waals surface area contributed by atoms with Gasteiger partial charge in [-0.15, -0.1) is 0 Å². The highest BCUT2D eigenvalue weighted by molar-refractivity contribution is 5.86. The molecule has 2 aromatic carbocycles. The molecule has 0 spiro atoms. The highest BCUT2D eigenvalue weighted by Gasteiger charge is 2.33. The summed E-state index contributed by atoms with van der Waals surface area (Å²) in [4.78, 5) is 36.1. The van der Waals surface area contributed by atoms with Crippen molar-refractivity contribution >= 4 is 18.0 Å². The van der Waals surface area contributed by atoms with Crippen LogP contribution in [0.25, 0.3) is 11.1 Å². The molecule has 2 aliphatic carbocycles. The number of carboxylic acids is 1. The van der Waals surface area contributed by atoms with E-state index in [1.165, 1.54) is 0 Å². The van der Waals surface area contributed by atoms with Gasteiger partial charge in [-0.1, -0.05) is 61.4 Å². The Bertz CT molecular complexity index is 971. The molecule has 0 radical (unpaired) electrons. The van der Waals surface area contributed by atoms with Crippen LogP contribution in [0, 0.1) is 5.92 Å². The SMILES string of the molecule is C[C@H](CC(=O)O)NC(=O)C(CC1CC1)NC(=O)OCC1c2ccccc2-c2ccccc21. The molecule has 0 aromatic heterocycles. The number of hydrogen-bond donors (Lipinski definition) is 3. The first kappa shape index (κ1) is 21.9. The van der Waals surface area contributed by atoms with Crippen LogP contribution in [0.2, 0.25) is 0 Å². The van der Waals surface area contributed by atoms with Crippen LogP contribution >= 0.6 is 0 Å². The maximum Gasteiger partial charge on any atom is 0.407 e. The molecule has 1 fully saturated rings. The van der Waals surface area contributed by atoms with E-state index < -0.39 is 24.1 Å². The van der Waals surface area contributed by atoms with E-state index in [4.69, 9.17) is 9.84 Å². The molecule has 0 bridgehead atoms. The van der Waals surface area contributed by atoms with Crippen molar-refractivity contribution in [2.75, 3.05) is 6.61 Å². The van der Waals surface area contributed by atoms with Crippen molar-refractivity contribution in [3.63, 3.8) is 0 Å². The van der Waals surface area contributed by atoms with E-state index in [2.05, 4.69) is 34.9 Å². The minimum absolute atomic E-state index is 0.0561. The van der Waals surface area contributed by atoms with Gasteiger partial charge in [0.15, 0.2) is 0 Å². The molecule has 7 nitrogen and oxygen atoms in total. The Hall–Kier alpha value is -3.35. The van der Waals surface area contributed by atoms with Crippen LogP contribution in [0.1, 0.15) is 49.7 Å². The van der Waals surface area contributed by atoms with Crippen molar-refractivity contribution in [3.8, 4) is 11.1 Å². The molecule has 0 aliphatic heterocycles. The van der Waals surface area contributed by atoms with Crippen molar-refractivity contribution < 1.29 is 24.2 Å². The third-order valence-corrected chi connectivity index (χ3v) is 6.09. The number of carbonyl (C=O) groups is 3. The summed E-state index contributed by atoms with van der Waals surface area (Å²) in [5, 5.41) is 14.3. The number of carboxylic acid groups (broad SMARTS) is 1. The van der Waals surface area contributed by atoms with E-state index in [9.17, 15) is 14.4 Å². The molecule has 2 aliphatic rings. The Balaban J connectivity index is 1.38. The second kappa shape index (κ2) is 9.42. The molecule has 0 heterocycles. The van der Waals surface area contributed by atoms with E-state index in [1.807, 2.05) is 24.3 Å². The molecular weight excluding hydrogens is 408 g/mol. The Morgan fingerprint density at radius 2 is 1.59 bits per heavy atom. The van der Waals surface area contributed by atoms with Crippen LogP contribution in [0.3, 0.4) is 0 Å². The van der Waals surface area contributed by atoms with Gasteiger partial charge < -0.3 is 20.5 Å². The number of fused-ring (bicyclic) bond motifs is 3. The Kier molecular flexibility index (Phi) is 6.44. The zero-order valence-electron chi connectivity index (χ0n) is 18.0. The van der Waals surface area contributed by atoms with E-state index in [0.717, 1.165) is 35.1 Å². The second-order valence-corrected chi connectivity index (χ2v) is 8.71. The Labute approximate surface area is 187 Å². The van der Waals surface area contributed by atoms with Crippen LogP contribution in [-0.4, -0.2) is 41.8 Å². The van der Waals surface area contributed by atoms with Crippen LogP contribution in [0.15, 0.2) is 48.5 Å². The van der Waals surface area contributed by atoms with Crippen molar-refractivity contribution in [3.05, 3.63) is 59.7 Å². The number of amides is 2. The predicted molar refractivity (Wildman–Crippen MR) is 119 cm³/mol. The summed E-state index contributed by atoms with van der Waals surface area (Å²) >= 11 is 0. The average Bonchev–Trinajstić information content (AvgIpc) is 3.52. The molecule has 1 saturated carbocycles. The monoisotopic (exact) mass is 436 g/mol. The van der Waals surface area contributed by atoms with Crippen molar-refractivity contribution in [1.82, 2.24) is 10.6 Å². The quantitative estimate of drug-likeness (QED) is 0.556. The number of alkyl carbamates (subject to hydrolysis) is 1. The van der Waals surface area contributed by atoms with Gasteiger partial charge in [-0.05, 0) is 41.5 Å². The molecule has 168 valence electrons. The highest BCUT2D eigenvalue weighted by Crippen LogP contribution is 2.44. The fraction of sp³-hybridized carbons (Fsp3) is 0.400. The van der Waals surface area contributed by atoms with Crippen LogP contribution in [-0.2, 0) is 14.3 Å². The van der Waals surface area contributed by atoms with Crippen LogP contribution in [0.5, 0.6) is 0 Å². The van der Waals surface area contributed by atoms with Gasteiger partial charge in [-0.3, -0.25) is 9.59 Å². The van der Waals surface area contributed by atoms with Gasteiger partial charge in [0.2, 0.25) is 5.91 Å².